The highest BCUT2D eigenvalue weighted by atomic mass is 16.5. The molecule has 2 aromatic heterocycles. The maximum Gasteiger partial charge on any atom is 0.298 e. The minimum absolute atomic E-state index is 0.00256. The van der Waals surface area contributed by atoms with Crippen molar-refractivity contribution in [2.45, 2.75) is 19.6 Å². The van der Waals surface area contributed by atoms with Gasteiger partial charge in [0.05, 0.1) is 26.3 Å². The van der Waals surface area contributed by atoms with E-state index in [1.54, 1.807) is 4.90 Å². The predicted octanol–water partition coefficient (Wildman–Crippen LogP) is 1.62. The molecule has 1 amide bonds. The molecule has 3 aromatic rings. The van der Waals surface area contributed by atoms with E-state index < -0.39 is 0 Å². The molecule has 0 saturated carbocycles. The van der Waals surface area contributed by atoms with Gasteiger partial charge in [-0.25, -0.2) is 14.1 Å². The molecule has 0 N–H and O–H groups in total. The van der Waals surface area contributed by atoms with Gasteiger partial charge in [0, 0.05) is 13.0 Å². The fraction of sp³-hybridized carbons (Fsp3) is 0.316. The van der Waals surface area contributed by atoms with E-state index in [2.05, 4.69) is 4.98 Å². The SMILES string of the molecule is Cn1c[n+](C)cc1C(=O)N1CCc2nc(COc3ccccc3)oc2C1. The molecule has 7 nitrogen and oxygen atoms in total. The van der Waals surface area contributed by atoms with Crippen LogP contribution < -0.4 is 9.30 Å². The lowest BCUT2D eigenvalue weighted by Gasteiger charge is -2.24. The van der Waals surface area contributed by atoms with Gasteiger partial charge in [0.1, 0.15) is 17.7 Å². The molecule has 7 heteroatoms. The summed E-state index contributed by atoms with van der Waals surface area (Å²) in [6.07, 6.45) is 4.39. The third-order valence-corrected chi connectivity index (χ3v) is 4.45. The Bertz CT molecular complexity index is 930. The van der Waals surface area contributed by atoms with Crippen LogP contribution in [0.1, 0.15) is 27.8 Å². The first-order valence-corrected chi connectivity index (χ1v) is 8.56. The number of imidazole rings is 1. The molecule has 4 rings (SSSR count). The van der Waals surface area contributed by atoms with Crippen LogP contribution in [-0.2, 0) is 33.7 Å². The van der Waals surface area contributed by atoms with Gasteiger partial charge in [-0.15, -0.1) is 0 Å². The minimum Gasteiger partial charge on any atom is -0.484 e. The van der Waals surface area contributed by atoms with E-state index in [-0.39, 0.29) is 12.5 Å². The van der Waals surface area contributed by atoms with Crippen molar-refractivity contribution in [3.8, 4) is 5.75 Å². The number of hydrogen-bond acceptors (Lipinski definition) is 4. The average molecular weight is 353 g/mol. The van der Waals surface area contributed by atoms with Crippen LogP contribution in [0, 0.1) is 0 Å². The van der Waals surface area contributed by atoms with Gasteiger partial charge in [0.15, 0.2) is 6.61 Å². The van der Waals surface area contributed by atoms with E-state index in [1.807, 2.05) is 66.1 Å². The third kappa shape index (κ3) is 3.20. The fourth-order valence-electron chi connectivity index (χ4n) is 3.17. The Morgan fingerprint density at radius 3 is 2.88 bits per heavy atom. The number of rotatable bonds is 4. The summed E-state index contributed by atoms with van der Waals surface area (Å²) in [5, 5.41) is 0. The Morgan fingerprint density at radius 2 is 2.15 bits per heavy atom. The van der Waals surface area contributed by atoms with Crippen LogP contribution in [0.2, 0.25) is 0 Å². The molecule has 0 saturated heterocycles. The lowest BCUT2D eigenvalue weighted by Crippen LogP contribution is -2.36. The molecule has 134 valence electrons. The number of aryl methyl sites for hydroxylation is 2. The molecule has 3 heterocycles. The number of hydrogen-bond donors (Lipinski definition) is 0. The van der Waals surface area contributed by atoms with E-state index in [1.165, 1.54) is 0 Å². The summed E-state index contributed by atoms with van der Waals surface area (Å²) in [6, 6.07) is 9.56. The largest absolute Gasteiger partial charge is 0.484 e. The van der Waals surface area contributed by atoms with Crippen molar-refractivity contribution in [1.82, 2.24) is 14.5 Å². The maximum atomic E-state index is 12.8. The zero-order valence-electron chi connectivity index (χ0n) is 14.9. The summed E-state index contributed by atoms with van der Waals surface area (Å²) in [5.41, 5.74) is 1.57. The topological polar surface area (TPSA) is 64.4 Å². The Hall–Kier alpha value is -3.09. The zero-order valence-corrected chi connectivity index (χ0v) is 14.9. The van der Waals surface area contributed by atoms with Gasteiger partial charge in [0.2, 0.25) is 17.9 Å². The number of fused-ring (bicyclic) bond motifs is 1. The van der Waals surface area contributed by atoms with E-state index in [9.17, 15) is 4.79 Å². The minimum atomic E-state index is -0.00256. The number of para-hydroxylation sites is 1. The van der Waals surface area contributed by atoms with Crippen LogP contribution in [0.15, 0.2) is 47.3 Å². The molecule has 0 radical (unpaired) electrons. The molecular formula is C19H21N4O3+. The van der Waals surface area contributed by atoms with Gasteiger partial charge in [-0.3, -0.25) is 4.79 Å². The molecule has 1 aromatic carbocycles. The molecule has 0 spiro atoms. The van der Waals surface area contributed by atoms with Crippen molar-refractivity contribution in [1.29, 1.82) is 0 Å². The molecule has 0 fully saturated rings. The van der Waals surface area contributed by atoms with Crippen molar-refractivity contribution >= 4 is 5.91 Å². The standard InChI is InChI=1S/C19H21N4O3/c1-21-10-16(22(2)13-21)19(24)23-9-8-15-17(11-23)26-18(20-15)12-25-14-6-4-3-5-7-14/h3-7,10,13H,8-9,11-12H2,1-2H3/q+1. The quantitative estimate of drug-likeness (QED) is 0.669. The average Bonchev–Trinajstić information content (AvgIpc) is 3.21. The summed E-state index contributed by atoms with van der Waals surface area (Å²) in [6.45, 7) is 1.34. The Kier molecular flexibility index (Phi) is 4.20. The smallest absolute Gasteiger partial charge is 0.298 e. The summed E-state index contributed by atoms with van der Waals surface area (Å²) in [4.78, 5) is 19.1. The van der Waals surface area contributed by atoms with Gasteiger partial charge in [-0.1, -0.05) is 18.2 Å². The highest BCUT2D eigenvalue weighted by Crippen LogP contribution is 2.22. The Labute approximate surface area is 151 Å². The summed E-state index contributed by atoms with van der Waals surface area (Å²) < 4.78 is 15.2. The molecule has 26 heavy (non-hydrogen) atoms. The van der Waals surface area contributed by atoms with Crippen LogP contribution >= 0.6 is 0 Å². The number of oxazole rings is 1. The van der Waals surface area contributed by atoms with Gasteiger partial charge in [0.25, 0.3) is 5.91 Å². The predicted molar refractivity (Wildman–Crippen MR) is 92.3 cm³/mol. The van der Waals surface area contributed by atoms with Crippen LogP contribution in [0.4, 0.5) is 0 Å². The molecular weight excluding hydrogens is 332 g/mol. The van der Waals surface area contributed by atoms with Crippen molar-refractivity contribution in [3.05, 3.63) is 65.9 Å². The lowest BCUT2D eigenvalue weighted by molar-refractivity contribution is -0.671. The van der Waals surface area contributed by atoms with Crippen LogP contribution in [0.3, 0.4) is 0 Å². The number of carbonyl (C=O) groups excluding carboxylic acids is 1. The molecule has 1 aliphatic heterocycles. The van der Waals surface area contributed by atoms with E-state index in [0.717, 1.165) is 17.2 Å². The third-order valence-electron chi connectivity index (χ3n) is 4.45. The van der Waals surface area contributed by atoms with Gasteiger partial charge >= 0.3 is 0 Å². The number of nitrogens with zero attached hydrogens (tertiary/aromatic N) is 4. The highest BCUT2D eigenvalue weighted by Gasteiger charge is 2.29. The normalized spacial score (nSPS) is 13.5. The highest BCUT2D eigenvalue weighted by molar-refractivity contribution is 5.92. The molecule has 0 unspecified atom stereocenters. The second-order valence-corrected chi connectivity index (χ2v) is 6.46. The second-order valence-electron chi connectivity index (χ2n) is 6.46. The second kappa shape index (κ2) is 6.67. The van der Waals surface area contributed by atoms with E-state index in [0.29, 0.717) is 31.1 Å². The van der Waals surface area contributed by atoms with Gasteiger partial charge in [-0.2, -0.15) is 0 Å². The Balaban J connectivity index is 1.45. The number of ether oxygens (including phenoxy) is 1. The van der Waals surface area contributed by atoms with Crippen molar-refractivity contribution in [3.63, 3.8) is 0 Å². The monoisotopic (exact) mass is 353 g/mol. The number of amides is 1. The summed E-state index contributed by atoms with van der Waals surface area (Å²) in [7, 11) is 3.77. The summed E-state index contributed by atoms with van der Waals surface area (Å²) in [5.74, 6) is 2.06. The Morgan fingerprint density at radius 1 is 1.35 bits per heavy atom. The van der Waals surface area contributed by atoms with Crippen LogP contribution in [-0.4, -0.2) is 26.9 Å². The van der Waals surface area contributed by atoms with Crippen molar-refractivity contribution < 1.29 is 18.5 Å². The number of benzene rings is 1. The summed E-state index contributed by atoms with van der Waals surface area (Å²) >= 11 is 0. The zero-order chi connectivity index (χ0) is 18.1. The first-order chi connectivity index (χ1) is 12.6. The molecule has 0 aliphatic carbocycles. The first kappa shape index (κ1) is 16.4. The van der Waals surface area contributed by atoms with Crippen molar-refractivity contribution in [2.75, 3.05) is 6.54 Å². The first-order valence-electron chi connectivity index (χ1n) is 8.56. The fourth-order valence-corrected chi connectivity index (χ4v) is 3.17. The van der Waals surface area contributed by atoms with E-state index >= 15 is 0 Å². The lowest BCUT2D eigenvalue weighted by atomic mass is 10.1. The van der Waals surface area contributed by atoms with E-state index in [4.69, 9.17) is 9.15 Å². The number of aromatic nitrogens is 3. The van der Waals surface area contributed by atoms with Crippen LogP contribution in [0.25, 0.3) is 0 Å². The van der Waals surface area contributed by atoms with Gasteiger partial charge < -0.3 is 14.1 Å². The van der Waals surface area contributed by atoms with Gasteiger partial charge in [-0.05, 0) is 12.1 Å². The maximum absolute atomic E-state index is 12.8. The van der Waals surface area contributed by atoms with Crippen molar-refractivity contribution in [2.24, 2.45) is 14.1 Å². The number of carbonyl (C=O) groups is 1. The van der Waals surface area contributed by atoms with Crippen LogP contribution in [0.5, 0.6) is 5.75 Å². The molecule has 0 atom stereocenters. The molecule has 1 aliphatic rings. The molecule has 0 bridgehead atoms.